The van der Waals surface area contributed by atoms with Gasteiger partial charge in [-0.1, -0.05) is 20.8 Å². The summed E-state index contributed by atoms with van der Waals surface area (Å²) >= 11 is 0. The molecular formula is C20H31NO2Si. The second kappa shape index (κ2) is 6.01. The van der Waals surface area contributed by atoms with Crippen molar-refractivity contribution in [1.29, 1.82) is 0 Å². The van der Waals surface area contributed by atoms with Gasteiger partial charge in [-0.15, -0.1) is 0 Å². The predicted octanol–water partition coefficient (Wildman–Crippen LogP) is 5.07. The molecule has 1 unspecified atom stereocenters. The zero-order valence-corrected chi connectivity index (χ0v) is 16.9. The second-order valence-electron chi connectivity index (χ2n) is 8.76. The Kier molecular flexibility index (Phi) is 4.43. The third-order valence-electron chi connectivity index (χ3n) is 6.07. The van der Waals surface area contributed by atoms with Gasteiger partial charge in [-0.3, -0.25) is 0 Å². The highest BCUT2D eigenvalue weighted by molar-refractivity contribution is 6.74. The molecule has 0 radical (unpaired) electrons. The van der Waals surface area contributed by atoms with Crippen molar-refractivity contribution in [3.05, 3.63) is 35.0 Å². The number of fused-ring (bicyclic) bond motifs is 2. The minimum Gasteiger partial charge on any atom is -0.411 e. The first-order chi connectivity index (χ1) is 11.1. The van der Waals surface area contributed by atoms with Crippen molar-refractivity contribution < 1.29 is 9.53 Å². The van der Waals surface area contributed by atoms with Crippen LogP contribution < -0.4 is 0 Å². The van der Waals surface area contributed by atoms with Crippen LogP contribution in [0.3, 0.4) is 0 Å². The molecular weight excluding hydrogens is 314 g/mol. The summed E-state index contributed by atoms with van der Waals surface area (Å²) in [6.45, 7) is 12.1. The summed E-state index contributed by atoms with van der Waals surface area (Å²) in [6, 6.07) is 6.68. The highest BCUT2D eigenvalue weighted by Gasteiger charge is 2.37. The van der Waals surface area contributed by atoms with E-state index >= 15 is 0 Å². The zero-order valence-electron chi connectivity index (χ0n) is 15.9. The molecule has 0 saturated carbocycles. The molecule has 0 amide bonds. The van der Waals surface area contributed by atoms with Crippen molar-refractivity contribution in [3.63, 3.8) is 0 Å². The summed E-state index contributed by atoms with van der Waals surface area (Å²) < 4.78 is 8.66. The minimum absolute atomic E-state index is 0.223. The molecule has 0 saturated heterocycles. The van der Waals surface area contributed by atoms with Gasteiger partial charge in [0.2, 0.25) is 0 Å². The molecule has 0 aliphatic heterocycles. The van der Waals surface area contributed by atoms with Crippen LogP contribution in [0.4, 0.5) is 0 Å². The van der Waals surface area contributed by atoms with Gasteiger partial charge in [0.25, 0.3) is 0 Å². The number of aromatic nitrogens is 1. The predicted molar refractivity (Wildman–Crippen MR) is 103 cm³/mol. The number of nitrogens with zero attached hydrogens (tertiary/aromatic N) is 1. The summed E-state index contributed by atoms with van der Waals surface area (Å²) in [7, 11) is 0.374. The lowest BCUT2D eigenvalue weighted by molar-refractivity contribution is 0.157. The summed E-state index contributed by atoms with van der Waals surface area (Å²) in [4.78, 5) is 0. The average Bonchev–Trinajstić information content (AvgIpc) is 2.79. The van der Waals surface area contributed by atoms with Gasteiger partial charge in [-0.05, 0) is 66.7 Å². The first kappa shape index (κ1) is 17.7. The topological polar surface area (TPSA) is 34.4 Å². The van der Waals surface area contributed by atoms with Crippen LogP contribution in [-0.4, -0.2) is 18.0 Å². The van der Waals surface area contributed by atoms with Crippen molar-refractivity contribution in [2.45, 2.75) is 70.9 Å². The summed E-state index contributed by atoms with van der Waals surface area (Å²) in [5.41, 5.74) is 4.89. The first-order valence-electron chi connectivity index (χ1n) is 9.03. The number of aliphatic hydroxyl groups excluding tert-OH is 1. The van der Waals surface area contributed by atoms with Crippen LogP contribution in [0.5, 0.6) is 0 Å². The SMILES string of the molecule is Cn1c(CO[Si](C)(C)C(C)(C)C)cc2cc3c(cc21)CCCC3O. The van der Waals surface area contributed by atoms with E-state index in [4.69, 9.17) is 4.43 Å². The van der Waals surface area contributed by atoms with Gasteiger partial charge in [-0.25, -0.2) is 0 Å². The van der Waals surface area contributed by atoms with Gasteiger partial charge in [0.15, 0.2) is 8.32 Å². The van der Waals surface area contributed by atoms with E-state index in [0.29, 0.717) is 6.61 Å². The number of aryl methyl sites for hydroxylation is 2. The smallest absolute Gasteiger partial charge is 0.192 e. The fourth-order valence-electron chi connectivity index (χ4n) is 3.28. The molecule has 0 bridgehead atoms. The van der Waals surface area contributed by atoms with Crippen LogP contribution in [0.2, 0.25) is 18.1 Å². The molecule has 0 fully saturated rings. The van der Waals surface area contributed by atoms with Gasteiger partial charge in [-0.2, -0.15) is 0 Å². The van der Waals surface area contributed by atoms with E-state index in [1.165, 1.54) is 22.2 Å². The molecule has 132 valence electrons. The van der Waals surface area contributed by atoms with Crippen molar-refractivity contribution in [3.8, 4) is 0 Å². The van der Waals surface area contributed by atoms with Gasteiger partial charge in [0, 0.05) is 23.6 Å². The normalized spacial score (nSPS) is 18.9. The van der Waals surface area contributed by atoms with Crippen LogP contribution in [0.15, 0.2) is 18.2 Å². The first-order valence-corrected chi connectivity index (χ1v) is 11.9. The van der Waals surface area contributed by atoms with E-state index in [1.807, 2.05) is 0 Å². The number of hydrogen-bond donors (Lipinski definition) is 1. The number of benzene rings is 1. The van der Waals surface area contributed by atoms with E-state index in [-0.39, 0.29) is 11.1 Å². The average molecular weight is 346 g/mol. The van der Waals surface area contributed by atoms with Crippen LogP contribution >= 0.6 is 0 Å². The number of rotatable bonds is 3. The molecule has 3 rings (SSSR count). The Morgan fingerprint density at radius 2 is 1.96 bits per heavy atom. The molecule has 1 aliphatic carbocycles. The summed E-state index contributed by atoms with van der Waals surface area (Å²) in [5, 5.41) is 11.7. The van der Waals surface area contributed by atoms with Gasteiger partial charge in [0.1, 0.15) is 0 Å². The Hall–Kier alpha value is -1.10. The molecule has 1 aromatic carbocycles. The number of aliphatic hydroxyl groups is 1. The molecule has 1 heterocycles. The molecule has 3 nitrogen and oxygen atoms in total. The molecule has 1 atom stereocenters. The molecule has 1 aliphatic rings. The Bertz CT molecular complexity index is 755. The van der Waals surface area contributed by atoms with Gasteiger partial charge < -0.3 is 14.1 Å². The van der Waals surface area contributed by atoms with E-state index in [2.05, 4.69) is 63.7 Å². The lowest BCUT2D eigenvalue weighted by Crippen LogP contribution is -2.40. The minimum atomic E-state index is -1.75. The van der Waals surface area contributed by atoms with Crippen LogP contribution in [0, 0.1) is 0 Å². The fourth-order valence-corrected chi connectivity index (χ4v) is 4.22. The van der Waals surface area contributed by atoms with Crippen LogP contribution in [-0.2, 0) is 24.5 Å². The third kappa shape index (κ3) is 3.07. The maximum atomic E-state index is 10.3. The molecule has 0 spiro atoms. The lowest BCUT2D eigenvalue weighted by atomic mass is 9.88. The molecule has 24 heavy (non-hydrogen) atoms. The van der Waals surface area contributed by atoms with E-state index in [9.17, 15) is 5.11 Å². The Morgan fingerprint density at radius 1 is 1.25 bits per heavy atom. The van der Waals surface area contributed by atoms with E-state index in [1.54, 1.807) is 0 Å². The highest BCUT2D eigenvalue weighted by Crippen LogP contribution is 2.38. The Balaban J connectivity index is 1.92. The molecule has 2 aromatic rings. The highest BCUT2D eigenvalue weighted by atomic mass is 28.4. The molecule has 1 aromatic heterocycles. The van der Waals surface area contributed by atoms with Gasteiger partial charge in [0.05, 0.1) is 12.7 Å². The maximum Gasteiger partial charge on any atom is 0.192 e. The zero-order chi connectivity index (χ0) is 17.7. The monoisotopic (exact) mass is 345 g/mol. The Labute approximate surface area is 146 Å². The molecule has 1 N–H and O–H groups in total. The Morgan fingerprint density at radius 3 is 2.62 bits per heavy atom. The van der Waals surface area contributed by atoms with Crippen molar-refractivity contribution in [2.75, 3.05) is 0 Å². The van der Waals surface area contributed by atoms with Crippen LogP contribution in [0.1, 0.15) is 56.5 Å². The third-order valence-corrected chi connectivity index (χ3v) is 10.6. The van der Waals surface area contributed by atoms with Crippen molar-refractivity contribution in [1.82, 2.24) is 4.57 Å². The lowest BCUT2D eigenvalue weighted by Gasteiger charge is -2.36. The van der Waals surface area contributed by atoms with Crippen LogP contribution in [0.25, 0.3) is 10.9 Å². The second-order valence-corrected chi connectivity index (χ2v) is 13.6. The van der Waals surface area contributed by atoms with E-state index < -0.39 is 8.32 Å². The number of hydrogen-bond acceptors (Lipinski definition) is 2. The van der Waals surface area contributed by atoms with Gasteiger partial charge >= 0.3 is 0 Å². The quantitative estimate of drug-likeness (QED) is 0.788. The van der Waals surface area contributed by atoms with Crippen molar-refractivity contribution >= 4 is 19.2 Å². The fraction of sp³-hybridized carbons (Fsp3) is 0.600. The van der Waals surface area contributed by atoms with E-state index in [0.717, 1.165) is 24.8 Å². The standard InChI is InChI=1S/C20H31NO2Si/c1-20(2,3)24(5,6)23-13-16-10-15-11-17-14(8-7-9-19(17)22)12-18(15)21(16)4/h10-12,19,22H,7-9,13H2,1-6H3. The summed E-state index contributed by atoms with van der Waals surface area (Å²) in [5.74, 6) is 0. The van der Waals surface area contributed by atoms with Crippen molar-refractivity contribution in [2.24, 2.45) is 7.05 Å². The maximum absolute atomic E-state index is 10.3. The largest absolute Gasteiger partial charge is 0.411 e. The molecule has 4 heteroatoms. The summed E-state index contributed by atoms with van der Waals surface area (Å²) in [6.07, 6.45) is 2.73.